The van der Waals surface area contributed by atoms with Crippen molar-refractivity contribution in [2.75, 3.05) is 26.2 Å². The maximum absolute atomic E-state index is 9.13. The number of hydrogen-bond acceptors (Lipinski definition) is 3. The number of likely N-dealkylation sites (N-methyl/N-ethyl adjacent to an activating group) is 1. The van der Waals surface area contributed by atoms with Gasteiger partial charge in [-0.15, -0.1) is 0 Å². The van der Waals surface area contributed by atoms with Gasteiger partial charge in [0.05, 0.1) is 6.61 Å². The fourth-order valence-electron chi connectivity index (χ4n) is 2.06. The average Bonchev–Trinajstić information content (AvgIpc) is 2.43. The highest BCUT2D eigenvalue weighted by Gasteiger charge is 2.06. The van der Waals surface area contributed by atoms with Crippen molar-refractivity contribution in [1.82, 2.24) is 10.2 Å². The van der Waals surface area contributed by atoms with Gasteiger partial charge >= 0.3 is 0 Å². The minimum atomic E-state index is 0.111. The second-order valence-corrected chi connectivity index (χ2v) is 4.61. The summed E-state index contributed by atoms with van der Waals surface area (Å²) in [6, 6.07) is 8.45. The van der Waals surface area contributed by atoms with Gasteiger partial charge in [0.25, 0.3) is 0 Å². The van der Waals surface area contributed by atoms with Crippen molar-refractivity contribution >= 4 is 0 Å². The number of nitrogens with zero attached hydrogens (tertiary/aromatic N) is 1. The van der Waals surface area contributed by atoms with Crippen LogP contribution in [0.5, 0.6) is 0 Å². The zero-order chi connectivity index (χ0) is 13.4. The number of rotatable bonds is 8. The Bertz CT molecular complexity index is 337. The van der Waals surface area contributed by atoms with Gasteiger partial charge in [-0.1, -0.05) is 38.1 Å². The number of aliphatic hydroxyl groups excluding tert-OH is 1. The fourth-order valence-corrected chi connectivity index (χ4v) is 2.06. The first-order valence-electron chi connectivity index (χ1n) is 6.86. The van der Waals surface area contributed by atoms with E-state index in [9.17, 15) is 0 Å². The predicted molar refractivity (Wildman–Crippen MR) is 76.6 cm³/mol. The summed E-state index contributed by atoms with van der Waals surface area (Å²) in [5.74, 6) is 0. The molecule has 1 aromatic rings. The second kappa shape index (κ2) is 8.25. The van der Waals surface area contributed by atoms with Gasteiger partial charge in [0.2, 0.25) is 0 Å². The molecule has 0 bridgehead atoms. The molecule has 0 aliphatic heterocycles. The molecule has 1 atom stereocenters. The van der Waals surface area contributed by atoms with Gasteiger partial charge in [0.1, 0.15) is 0 Å². The summed E-state index contributed by atoms with van der Waals surface area (Å²) < 4.78 is 0. The molecule has 0 aliphatic carbocycles. The second-order valence-electron chi connectivity index (χ2n) is 4.61. The molecular weight excluding hydrogens is 224 g/mol. The van der Waals surface area contributed by atoms with E-state index in [1.807, 2.05) is 12.1 Å². The molecule has 0 heterocycles. The average molecular weight is 250 g/mol. The number of aliphatic hydroxyl groups is 1. The van der Waals surface area contributed by atoms with Crippen LogP contribution in [-0.2, 0) is 6.61 Å². The molecule has 2 N–H and O–H groups in total. The standard InChI is InChI=1S/C15H26N2O/c1-4-17(5-2)10-9-16-13(3)15-8-6-7-14(11-15)12-18/h6-8,11,13,16,18H,4-5,9-10,12H2,1-3H3. The van der Waals surface area contributed by atoms with Crippen LogP contribution in [-0.4, -0.2) is 36.2 Å². The topological polar surface area (TPSA) is 35.5 Å². The highest BCUT2D eigenvalue weighted by atomic mass is 16.3. The zero-order valence-electron chi connectivity index (χ0n) is 11.8. The lowest BCUT2D eigenvalue weighted by Crippen LogP contribution is -2.33. The SMILES string of the molecule is CCN(CC)CCNC(C)c1cccc(CO)c1. The van der Waals surface area contributed by atoms with Gasteiger partial charge < -0.3 is 15.3 Å². The normalized spacial score (nSPS) is 12.9. The summed E-state index contributed by atoms with van der Waals surface area (Å²) in [6.07, 6.45) is 0. The molecule has 0 saturated carbocycles. The third-order valence-corrected chi connectivity index (χ3v) is 3.41. The highest BCUT2D eigenvalue weighted by Crippen LogP contribution is 2.13. The Morgan fingerprint density at radius 2 is 2.00 bits per heavy atom. The van der Waals surface area contributed by atoms with Crippen molar-refractivity contribution in [3.05, 3.63) is 35.4 Å². The maximum Gasteiger partial charge on any atom is 0.0681 e. The van der Waals surface area contributed by atoms with Crippen LogP contribution >= 0.6 is 0 Å². The molecule has 0 radical (unpaired) electrons. The molecule has 0 saturated heterocycles. The predicted octanol–water partition coefficient (Wildman–Crippen LogP) is 2.17. The molecule has 0 aromatic heterocycles. The molecule has 1 aromatic carbocycles. The largest absolute Gasteiger partial charge is 0.392 e. The molecule has 102 valence electrons. The van der Waals surface area contributed by atoms with E-state index in [2.05, 4.69) is 43.1 Å². The first-order chi connectivity index (χ1) is 8.71. The highest BCUT2D eigenvalue weighted by molar-refractivity contribution is 5.25. The molecule has 1 unspecified atom stereocenters. The third-order valence-electron chi connectivity index (χ3n) is 3.41. The van der Waals surface area contributed by atoms with E-state index in [1.165, 1.54) is 5.56 Å². The summed E-state index contributed by atoms with van der Waals surface area (Å²) >= 11 is 0. The first kappa shape index (κ1) is 15.2. The smallest absolute Gasteiger partial charge is 0.0681 e. The van der Waals surface area contributed by atoms with Gasteiger partial charge in [-0.05, 0) is 31.1 Å². The molecule has 3 heteroatoms. The Kier molecular flexibility index (Phi) is 6.94. The van der Waals surface area contributed by atoms with E-state index >= 15 is 0 Å². The fraction of sp³-hybridized carbons (Fsp3) is 0.600. The third kappa shape index (κ3) is 4.77. The molecule has 0 fully saturated rings. The summed E-state index contributed by atoms with van der Waals surface area (Å²) in [4.78, 5) is 2.41. The Morgan fingerprint density at radius 1 is 1.28 bits per heavy atom. The van der Waals surface area contributed by atoms with Crippen LogP contribution in [0.3, 0.4) is 0 Å². The van der Waals surface area contributed by atoms with Crippen LogP contribution in [0.2, 0.25) is 0 Å². The van der Waals surface area contributed by atoms with E-state index in [0.29, 0.717) is 6.04 Å². The molecule has 3 nitrogen and oxygen atoms in total. The quantitative estimate of drug-likeness (QED) is 0.742. The molecular formula is C15H26N2O. The van der Waals surface area contributed by atoms with Crippen molar-refractivity contribution in [3.8, 4) is 0 Å². The van der Waals surface area contributed by atoms with E-state index in [-0.39, 0.29) is 6.61 Å². The van der Waals surface area contributed by atoms with Crippen molar-refractivity contribution in [1.29, 1.82) is 0 Å². The first-order valence-corrected chi connectivity index (χ1v) is 6.86. The molecule has 0 spiro atoms. The lowest BCUT2D eigenvalue weighted by molar-refractivity contribution is 0.281. The Hall–Kier alpha value is -0.900. The number of hydrogen-bond donors (Lipinski definition) is 2. The zero-order valence-corrected chi connectivity index (χ0v) is 11.8. The summed E-state index contributed by atoms with van der Waals surface area (Å²) in [5, 5.41) is 12.7. The van der Waals surface area contributed by atoms with Crippen molar-refractivity contribution in [3.63, 3.8) is 0 Å². The van der Waals surface area contributed by atoms with Crippen LogP contribution in [0.1, 0.15) is 37.9 Å². The van der Waals surface area contributed by atoms with Crippen molar-refractivity contribution in [2.45, 2.75) is 33.4 Å². The van der Waals surface area contributed by atoms with E-state index in [4.69, 9.17) is 5.11 Å². The van der Waals surface area contributed by atoms with Gasteiger partial charge in [-0.25, -0.2) is 0 Å². The Morgan fingerprint density at radius 3 is 2.61 bits per heavy atom. The van der Waals surface area contributed by atoms with Crippen LogP contribution < -0.4 is 5.32 Å². The lowest BCUT2D eigenvalue weighted by Gasteiger charge is -2.20. The summed E-state index contributed by atoms with van der Waals surface area (Å²) in [5.41, 5.74) is 2.21. The van der Waals surface area contributed by atoms with Crippen LogP contribution in [0.25, 0.3) is 0 Å². The van der Waals surface area contributed by atoms with Gasteiger partial charge in [-0.3, -0.25) is 0 Å². The van der Waals surface area contributed by atoms with Gasteiger partial charge in [0, 0.05) is 19.1 Å². The van der Waals surface area contributed by atoms with E-state index < -0.39 is 0 Å². The van der Waals surface area contributed by atoms with Gasteiger partial charge in [0.15, 0.2) is 0 Å². The Balaban J connectivity index is 2.42. The minimum Gasteiger partial charge on any atom is -0.392 e. The van der Waals surface area contributed by atoms with Crippen LogP contribution in [0, 0.1) is 0 Å². The monoisotopic (exact) mass is 250 g/mol. The maximum atomic E-state index is 9.13. The number of benzene rings is 1. The molecule has 1 rings (SSSR count). The summed E-state index contributed by atoms with van der Waals surface area (Å²) in [6.45, 7) is 10.9. The van der Waals surface area contributed by atoms with Crippen molar-refractivity contribution in [2.24, 2.45) is 0 Å². The van der Waals surface area contributed by atoms with Gasteiger partial charge in [-0.2, -0.15) is 0 Å². The van der Waals surface area contributed by atoms with Crippen molar-refractivity contribution < 1.29 is 5.11 Å². The van der Waals surface area contributed by atoms with E-state index in [1.54, 1.807) is 0 Å². The number of nitrogens with one attached hydrogen (secondary N) is 1. The molecule has 0 amide bonds. The molecule has 0 aliphatic rings. The lowest BCUT2D eigenvalue weighted by atomic mass is 10.1. The van der Waals surface area contributed by atoms with Crippen LogP contribution in [0.4, 0.5) is 0 Å². The molecule has 18 heavy (non-hydrogen) atoms. The van der Waals surface area contributed by atoms with Crippen LogP contribution in [0.15, 0.2) is 24.3 Å². The summed E-state index contributed by atoms with van der Waals surface area (Å²) in [7, 11) is 0. The van der Waals surface area contributed by atoms with E-state index in [0.717, 1.165) is 31.7 Å². The Labute approximate surface area is 111 Å². The minimum absolute atomic E-state index is 0.111.